The first-order valence-electron chi connectivity index (χ1n) is 9.84. The number of ether oxygens (including phenoxy) is 1. The lowest BCUT2D eigenvalue weighted by Gasteiger charge is -2.18. The number of hydrogen-bond donors (Lipinski definition) is 1. The number of carbonyl (C=O) groups is 2. The lowest BCUT2D eigenvalue weighted by molar-refractivity contribution is -0.116. The molecular weight excluding hydrogens is 362 g/mol. The van der Waals surface area contributed by atoms with Crippen LogP contribution in [0.3, 0.4) is 0 Å². The third kappa shape index (κ3) is 5.79. The third-order valence-electron chi connectivity index (χ3n) is 4.64. The van der Waals surface area contributed by atoms with Crippen molar-refractivity contribution in [1.29, 1.82) is 0 Å². The minimum atomic E-state index is -0.349. The van der Waals surface area contributed by atoms with Gasteiger partial charge in [-0.25, -0.2) is 4.79 Å². The molecule has 0 saturated carbocycles. The van der Waals surface area contributed by atoms with Gasteiger partial charge in [0.15, 0.2) is 0 Å². The van der Waals surface area contributed by atoms with Crippen LogP contribution in [0.15, 0.2) is 84.9 Å². The minimum absolute atomic E-state index is 0.0271. The van der Waals surface area contributed by atoms with E-state index in [1.165, 1.54) is 0 Å². The van der Waals surface area contributed by atoms with E-state index in [1.54, 1.807) is 24.3 Å². The van der Waals surface area contributed by atoms with Crippen LogP contribution in [-0.2, 0) is 9.53 Å². The van der Waals surface area contributed by atoms with Gasteiger partial charge in [-0.3, -0.25) is 4.79 Å². The van der Waals surface area contributed by atoms with E-state index < -0.39 is 0 Å². The second-order valence-corrected chi connectivity index (χ2v) is 6.84. The lowest BCUT2D eigenvalue weighted by atomic mass is 9.88. The topological polar surface area (TPSA) is 55.4 Å². The summed E-state index contributed by atoms with van der Waals surface area (Å²) in [7, 11) is 0. The molecule has 29 heavy (non-hydrogen) atoms. The highest BCUT2D eigenvalue weighted by molar-refractivity contribution is 5.93. The molecule has 148 valence electrons. The standard InChI is InChI=1S/C25H25NO3/c1-2-17-29-25(28)21-13-15-22(16-14-21)26-24(27)18-23(19-9-5-3-6-10-19)20-11-7-4-8-12-20/h3-16,23H,2,17-18H2,1H3,(H,26,27). The first kappa shape index (κ1) is 20.3. The highest BCUT2D eigenvalue weighted by Crippen LogP contribution is 2.28. The van der Waals surface area contributed by atoms with Gasteiger partial charge in [-0.15, -0.1) is 0 Å². The van der Waals surface area contributed by atoms with Gasteiger partial charge in [0.25, 0.3) is 0 Å². The SMILES string of the molecule is CCCOC(=O)c1ccc(NC(=O)CC(c2ccccc2)c2ccccc2)cc1. The largest absolute Gasteiger partial charge is 0.462 e. The molecule has 3 aromatic rings. The second kappa shape index (κ2) is 10.2. The monoisotopic (exact) mass is 387 g/mol. The smallest absolute Gasteiger partial charge is 0.338 e. The number of rotatable bonds is 8. The molecule has 0 spiro atoms. The van der Waals surface area contributed by atoms with E-state index in [-0.39, 0.29) is 17.8 Å². The number of anilines is 1. The van der Waals surface area contributed by atoms with Crippen molar-refractivity contribution in [2.24, 2.45) is 0 Å². The fraction of sp³-hybridized carbons (Fsp3) is 0.200. The Hall–Kier alpha value is -3.40. The molecule has 0 fully saturated rings. The first-order valence-corrected chi connectivity index (χ1v) is 9.84. The van der Waals surface area contributed by atoms with Crippen molar-refractivity contribution in [3.63, 3.8) is 0 Å². The Morgan fingerprint density at radius 3 is 1.90 bits per heavy atom. The summed E-state index contributed by atoms with van der Waals surface area (Å²) in [5.41, 5.74) is 3.33. The molecule has 1 amide bonds. The highest BCUT2D eigenvalue weighted by Gasteiger charge is 2.18. The van der Waals surface area contributed by atoms with Crippen LogP contribution in [0.5, 0.6) is 0 Å². The van der Waals surface area contributed by atoms with Crippen molar-refractivity contribution in [3.8, 4) is 0 Å². The normalized spacial score (nSPS) is 10.6. The number of esters is 1. The van der Waals surface area contributed by atoms with Gasteiger partial charge in [0.2, 0.25) is 5.91 Å². The van der Waals surface area contributed by atoms with Crippen LogP contribution in [-0.4, -0.2) is 18.5 Å². The molecule has 0 bridgehead atoms. The molecule has 4 nitrogen and oxygen atoms in total. The molecule has 3 rings (SSSR count). The quantitative estimate of drug-likeness (QED) is 0.526. The van der Waals surface area contributed by atoms with Crippen molar-refractivity contribution in [2.75, 3.05) is 11.9 Å². The van der Waals surface area contributed by atoms with Crippen LogP contribution in [0.1, 0.15) is 47.2 Å². The molecule has 1 N–H and O–H groups in total. The van der Waals surface area contributed by atoms with Gasteiger partial charge in [-0.05, 0) is 41.8 Å². The Morgan fingerprint density at radius 2 is 1.38 bits per heavy atom. The van der Waals surface area contributed by atoms with E-state index in [0.29, 0.717) is 24.3 Å². The fourth-order valence-electron chi connectivity index (χ4n) is 3.16. The van der Waals surface area contributed by atoms with E-state index in [4.69, 9.17) is 4.74 Å². The van der Waals surface area contributed by atoms with Gasteiger partial charge >= 0.3 is 5.97 Å². The number of carbonyl (C=O) groups excluding carboxylic acids is 2. The Bertz CT molecular complexity index is 882. The Morgan fingerprint density at radius 1 is 0.828 bits per heavy atom. The van der Waals surface area contributed by atoms with E-state index in [1.807, 2.05) is 67.6 Å². The molecule has 0 aromatic heterocycles. The van der Waals surface area contributed by atoms with Crippen molar-refractivity contribution >= 4 is 17.6 Å². The predicted octanol–water partition coefficient (Wildman–Crippen LogP) is 5.41. The summed E-state index contributed by atoms with van der Waals surface area (Å²) in [5.74, 6) is -0.456. The number of amides is 1. The maximum Gasteiger partial charge on any atom is 0.338 e. The minimum Gasteiger partial charge on any atom is -0.462 e. The van der Waals surface area contributed by atoms with Crippen LogP contribution >= 0.6 is 0 Å². The van der Waals surface area contributed by atoms with Gasteiger partial charge in [-0.1, -0.05) is 67.6 Å². The average molecular weight is 387 g/mol. The molecule has 0 radical (unpaired) electrons. The van der Waals surface area contributed by atoms with E-state index in [2.05, 4.69) is 5.32 Å². The van der Waals surface area contributed by atoms with Crippen LogP contribution in [0.25, 0.3) is 0 Å². The second-order valence-electron chi connectivity index (χ2n) is 6.84. The summed E-state index contributed by atoms with van der Waals surface area (Å²) < 4.78 is 5.12. The number of hydrogen-bond acceptors (Lipinski definition) is 3. The van der Waals surface area contributed by atoms with Crippen LogP contribution in [0.2, 0.25) is 0 Å². The van der Waals surface area contributed by atoms with Crippen LogP contribution in [0.4, 0.5) is 5.69 Å². The average Bonchev–Trinajstić information content (AvgIpc) is 2.77. The molecule has 0 aliphatic carbocycles. The highest BCUT2D eigenvalue weighted by atomic mass is 16.5. The van der Waals surface area contributed by atoms with Gasteiger partial charge in [0.1, 0.15) is 0 Å². The number of nitrogens with one attached hydrogen (secondary N) is 1. The predicted molar refractivity (Wildman–Crippen MR) is 115 cm³/mol. The molecule has 0 atom stereocenters. The Kier molecular flexibility index (Phi) is 7.17. The lowest BCUT2D eigenvalue weighted by Crippen LogP contribution is -2.16. The van der Waals surface area contributed by atoms with Gasteiger partial charge in [0, 0.05) is 18.0 Å². The summed E-state index contributed by atoms with van der Waals surface area (Å²) >= 11 is 0. The molecule has 0 aliphatic rings. The summed E-state index contributed by atoms with van der Waals surface area (Å²) in [4.78, 5) is 24.6. The van der Waals surface area contributed by atoms with Crippen molar-refractivity contribution in [2.45, 2.75) is 25.7 Å². The summed E-state index contributed by atoms with van der Waals surface area (Å²) in [6, 6.07) is 26.8. The van der Waals surface area contributed by atoms with Crippen LogP contribution < -0.4 is 5.32 Å². The fourth-order valence-corrected chi connectivity index (χ4v) is 3.16. The molecule has 0 unspecified atom stereocenters. The summed E-state index contributed by atoms with van der Waals surface area (Å²) in [5, 5.41) is 2.93. The molecule has 0 heterocycles. The molecule has 0 saturated heterocycles. The third-order valence-corrected chi connectivity index (χ3v) is 4.64. The Balaban J connectivity index is 1.68. The zero-order valence-corrected chi connectivity index (χ0v) is 16.5. The summed E-state index contributed by atoms with van der Waals surface area (Å²) in [6.07, 6.45) is 1.11. The molecule has 3 aromatic carbocycles. The van der Waals surface area contributed by atoms with E-state index in [9.17, 15) is 9.59 Å². The Labute approximate surface area is 171 Å². The van der Waals surface area contributed by atoms with E-state index in [0.717, 1.165) is 17.5 Å². The van der Waals surface area contributed by atoms with Crippen LogP contribution in [0, 0.1) is 0 Å². The van der Waals surface area contributed by atoms with Crippen molar-refractivity contribution < 1.29 is 14.3 Å². The molecular formula is C25H25NO3. The zero-order valence-electron chi connectivity index (χ0n) is 16.5. The van der Waals surface area contributed by atoms with Crippen molar-refractivity contribution in [1.82, 2.24) is 0 Å². The van der Waals surface area contributed by atoms with Gasteiger partial charge in [0.05, 0.1) is 12.2 Å². The maximum atomic E-state index is 12.7. The molecule has 4 heteroatoms. The van der Waals surface area contributed by atoms with Crippen molar-refractivity contribution in [3.05, 3.63) is 102 Å². The summed E-state index contributed by atoms with van der Waals surface area (Å²) in [6.45, 7) is 2.35. The zero-order chi connectivity index (χ0) is 20.5. The number of benzene rings is 3. The van der Waals surface area contributed by atoms with Gasteiger partial charge in [-0.2, -0.15) is 0 Å². The first-order chi connectivity index (χ1) is 14.2. The molecule has 0 aliphatic heterocycles. The van der Waals surface area contributed by atoms with E-state index >= 15 is 0 Å². The maximum absolute atomic E-state index is 12.7. The van der Waals surface area contributed by atoms with Gasteiger partial charge < -0.3 is 10.1 Å².